The van der Waals surface area contributed by atoms with Gasteiger partial charge >= 0.3 is 12.2 Å². The van der Waals surface area contributed by atoms with Crippen molar-refractivity contribution in [3.05, 3.63) is 65.9 Å². The maximum atomic E-state index is 14.0. The highest BCUT2D eigenvalue weighted by Crippen LogP contribution is 2.44. The van der Waals surface area contributed by atoms with Gasteiger partial charge in [-0.15, -0.1) is 0 Å². The molecule has 322 valence electrons. The molecule has 8 rings (SSSR count). The number of methoxy groups -OCH3 is 3. The van der Waals surface area contributed by atoms with E-state index >= 15 is 0 Å². The average Bonchev–Trinajstić information content (AvgIpc) is 4.11. The van der Waals surface area contributed by atoms with Crippen LogP contribution in [0.5, 0.6) is 5.75 Å². The van der Waals surface area contributed by atoms with Crippen LogP contribution in [0, 0.1) is 5.92 Å². The third-order valence-electron chi connectivity index (χ3n) is 12.6. The van der Waals surface area contributed by atoms with E-state index in [0.29, 0.717) is 24.8 Å². The van der Waals surface area contributed by atoms with Crippen LogP contribution in [0.1, 0.15) is 89.1 Å². The van der Waals surface area contributed by atoms with Crippen molar-refractivity contribution in [1.29, 1.82) is 0 Å². The zero-order valence-electron chi connectivity index (χ0n) is 35.7. The van der Waals surface area contributed by atoms with Crippen LogP contribution in [0.4, 0.5) is 9.59 Å². The number of likely N-dealkylation sites (tertiary alicyclic amines) is 2. The number of carbonyl (C=O) groups excluding carboxylic acids is 4. The summed E-state index contributed by atoms with van der Waals surface area (Å²) in [5.74, 6) is 1.64. The number of nitrogens with zero attached hydrogens (tertiary/aromatic N) is 4. The first-order chi connectivity index (χ1) is 29.4. The molecule has 1 unspecified atom stereocenters. The Kier molecular flexibility index (Phi) is 11.6. The fourth-order valence-electron chi connectivity index (χ4n) is 9.23. The van der Waals surface area contributed by atoms with Gasteiger partial charge in [-0.05, 0) is 91.3 Å². The van der Waals surface area contributed by atoms with Crippen LogP contribution in [0.3, 0.4) is 0 Å². The van der Waals surface area contributed by atoms with Crippen LogP contribution in [-0.4, -0.2) is 106 Å². The Hall–Kier alpha value is -6.16. The van der Waals surface area contributed by atoms with Crippen LogP contribution in [0.25, 0.3) is 44.2 Å². The molecule has 0 saturated carbocycles. The third kappa shape index (κ3) is 7.73. The predicted molar refractivity (Wildman–Crippen MR) is 228 cm³/mol. The van der Waals surface area contributed by atoms with E-state index in [-0.39, 0.29) is 35.9 Å². The van der Waals surface area contributed by atoms with E-state index in [4.69, 9.17) is 28.9 Å². The molecule has 6 atom stereocenters. The number of benzene rings is 3. The maximum Gasteiger partial charge on any atom is 0.407 e. The van der Waals surface area contributed by atoms with E-state index in [9.17, 15) is 19.2 Å². The van der Waals surface area contributed by atoms with Gasteiger partial charge in [0.2, 0.25) is 11.8 Å². The number of rotatable bonds is 11. The summed E-state index contributed by atoms with van der Waals surface area (Å²) < 4.78 is 21.5. The van der Waals surface area contributed by atoms with Gasteiger partial charge in [-0.3, -0.25) is 9.59 Å². The molecular weight excluding hydrogens is 781 g/mol. The minimum atomic E-state index is -0.918. The number of aromatic nitrogens is 4. The summed E-state index contributed by atoms with van der Waals surface area (Å²) in [6, 6.07) is 12.4. The first kappa shape index (κ1) is 41.6. The molecule has 0 radical (unpaired) electrons. The number of carbonyl (C=O) groups is 4. The van der Waals surface area contributed by atoms with Crippen molar-refractivity contribution in [2.24, 2.45) is 5.92 Å². The second kappa shape index (κ2) is 17.1. The molecule has 3 aliphatic rings. The number of hydrogen-bond acceptors (Lipinski definition) is 10. The lowest BCUT2D eigenvalue weighted by atomic mass is 9.92. The lowest BCUT2D eigenvalue weighted by Gasteiger charge is -2.34. The van der Waals surface area contributed by atoms with E-state index in [1.807, 2.05) is 31.0 Å². The van der Waals surface area contributed by atoms with Gasteiger partial charge in [0.15, 0.2) is 0 Å². The summed E-state index contributed by atoms with van der Waals surface area (Å²) in [7, 11) is 4.06. The molecule has 5 heterocycles. The van der Waals surface area contributed by atoms with Crippen LogP contribution in [0.15, 0.2) is 48.7 Å². The number of fused-ring (bicyclic) bond motifs is 6. The van der Waals surface area contributed by atoms with Crippen molar-refractivity contribution in [1.82, 2.24) is 40.4 Å². The number of ether oxygens (including phenoxy) is 4. The molecule has 4 amide bonds. The Labute approximate surface area is 354 Å². The Morgan fingerprint density at radius 1 is 0.869 bits per heavy atom. The smallest absolute Gasteiger partial charge is 0.407 e. The number of hydrogen-bond donors (Lipinski definition) is 4. The van der Waals surface area contributed by atoms with Gasteiger partial charge in [-0.1, -0.05) is 39.0 Å². The van der Waals surface area contributed by atoms with E-state index in [1.54, 1.807) is 11.8 Å². The van der Waals surface area contributed by atoms with Gasteiger partial charge in [0.1, 0.15) is 36.1 Å². The fourth-order valence-corrected chi connectivity index (χ4v) is 9.23. The van der Waals surface area contributed by atoms with Gasteiger partial charge in [0.05, 0.1) is 55.3 Å². The highest BCUT2D eigenvalue weighted by molar-refractivity contribution is 6.07. The quantitative estimate of drug-likeness (QED) is 0.109. The summed E-state index contributed by atoms with van der Waals surface area (Å²) in [5.41, 5.74) is 6.53. The van der Waals surface area contributed by atoms with Crippen LogP contribution in [-0.2, 0) is 30.4 Å². The van der Waals surface area contributed by atoms with Crippen molar-refractivity contribution in [3.63, 3.8) is 0 Å². The first-order valence-corrected chi connectivity index (χ1v) is 21.1. The Morgan fingerprint density at radius 3 is 2.36 bits per heavy atom. The number of nitrogens with one attached hydrogen (secondary N) is 4. The lowest BCUT2D eigenvalue weighted by Crippen LogP contribution is -2.54. The van der Waals surface area contributed by atoms with Gasteiger partial charge in [-0.25, -0.2) is 19.6 Å². The third-order valence-corrected chi connectivity index (χ3v) is 12.6. The second-order valence-corrected chi connectivity index (χ2v) is 16.5. The molecule has 5 aromatic rings. The van der Waals surface area contributed by atoms with Gasteiger partial charge in [0.25, 0.3) is 0 Å². The largest absolute Gasteiger partial charge is 0.488 e. The Balaban J connectivity index is 1.04. The fraction of sp³-hybridized carbons (Fsp3) is 0.467. The van der Waals surface area contributed by atoms with Crippen molar-refractivity contribution in [3.8, 4) is 28.1 Å². The number of imidazole rings is 2. The van der Waals surface area contributed by atoms with E-state index in [2.05, 4.69) is 63.9 Å². The molecule has 61 heavy (non-hydrogen) atoms. The highest BCUT2D eigenvalue weighted by atomic mass is 16.5. The summed E-state index contributed by atoms with van der Waals surface area (Å²) >= 11 is 0. The highest BCUT2D eigenvalue weighted by Gasteiger charge is 2.43. The topological polar surface area (TPSA) is 193 Å². The summed E-state index contributed by atoms with van der Waals surface area (Å²) in [5, 5.41) is 7.36. The monoisotopic (exact) mass is 834 g/mol. The van der Waals surface area contributed by atoms with E-state index in [0.717, 1.165) is 87.6 Å². The first-order valence-electron chi connectivity index (χ1n) is 21.1. The zero-order chi connectivity index (χ0) is 43.1. The molecule has 0 aliphatic carbocycles. The Morgan fingerprint density at radius 2 is 1.64 bits per heavy atom. The second-order valence-electron chi connectivity index (χ2n) is 16.5. The number of aromatic amines is 2. The van der Waals surface area contributed by atoms with Crippen LogP contribution < -0.4 is 15.4 Å². The molecule has 3 aliphatic heterocycles. The summed E-state index contributed by atoms with van der Waals surface area (Å²) in [6.07, 6.45) is 3.83. The molecule has 2 aromatic heterocycles. The molecule has 3 aromatic carbocycles. The van der Waals surface area contributed by atoms with Gasteiger partial charge in [0, 0.05) is 30.6 Å². The van der Waals surface area contributed by atoms with Gasteiger partial charge < -0.3 is 49.3 Å². The molecule has 0 spiro atoms. The lowest BCUT2D eigenvalue weighted by molar-refractivity contribution is -0.138. The molecule has 16 nitrogen and oxygen atoms in total. The number of amides is 4. The molecule has 0 bridgehead atoms. The Bertz CT molecular complexity index is 2480. The standard InChI is InChI=1S/C45H54N8O8/c1-8-28-13-16-35(53(28)43(55)37(23(2)3)50-44(56)59-6)40-46-21-33(48-40)26-11-14-29-27(18-26)22-61-36-20-30-25(19-31(29)36)12-15-32-39(30)49-41(47-32)34-10-9-17-52(34)42(54)38(24(4)58-5)51-45(57)60-7/h11-12,14-15,18-21,23-24,28,34-35,37-38H,8-10,13,16-17,22H2,1-7H3,(H,46,48)(H,47,49)(H,50,56)(H,51,57)/t24-,28+,34+,35+,37?,38+/m1/s1. The number of H-pyrrole nitrogens is 2. The van der Waals surface area contributed by atoms with Crippen molar-refractivity contribution >= 4 is 45.8 Å². The minimum absolute atomic E-state index is 0.0325. The van der Waals surface area contributed by atoms with E-state index < -0.39 is 30.4 Å². The molecular formula is C45H54N8O8. The average molecular weight is 835 g/mol. The normalized spacial score (nSPS) is 19.9. The number of alkyl carbamates (subject to hydrolysis) is 2. The molecule has 2 fully saturated rings. The zero-order valence-corrected chi connectivity index (χ0v) is 35.7. The minimum Gasteiger partial charge on any atom is -0.488 e. The predicted octanol–water partition coefficient (Wildman–Crippen LogP) is 6.91. The van der Waals surface area contributed by atoms with Crippen LogP contribution >= 0.6 is 0 Å². The molecule has 4 N–H and O–H groups in total. The summed E-state index contributed by atoms with van der Waals surface area (Å²) in [4.78, 5) is 72.6. The molecule has 2 saturated heterocycles. The SMILES string of the molecule is CC[C@H]1CC[C@@H](c2ncc(-c3ccc4c(c3)COc3cc5c(ccc6nc([C@@H]7CCCN7C(=O)[C@@H](NC(=O)OC)[C@@H](C)OC)[nH]c65)cc3-4)[nH]2)N1C(=O)C(NC(=O)OC)C(C)C. The van der Waals surface area contributed by atoms with Gasteiger partial charge in [-0.2, -0.15) is 0 Å². The van der Waals surface area contributed by atoms with Crippen molar-refractivity contribution in [2.75, 3.05) is 27.9 Å². The maximum absolute atomic E-state index is 14.0. The van der Waals surface area contributed by atoms with E-state index in [1.165, 1.54) is 21.3 Å². The van der Waals surface area contributed by atoms with Crippen molar-refractivity contribution in [2.45, 2.75) is 103 Å². The van der Waals surface area contributed by atoms with Crippen molar-refractivity contribution < 1.29 is 38.1 Å². The van der Waals surface area contributed by atoms with Crippen LogP contribution in [0.2, 0.25) is 0 Å². The summed E-state index contributed by atoms with van der Waals surface area (Å²) in [6.45, 7) is 8.54. The molecule has 16 heteroatoms.